The van der Waals surface area contributed by atoms with E-state index in [1.54, 1.807) is 6.07 Å². The van der Waals surface area contributed by atoms with Gasteiger partial charge >= 0.3 is 0 Å². The number of aryl methyl sites for hydroxylation is 1. The molecule has 1 aliphatic rings. The van der Waals surface area contributed by atoms with Crippen LogP contribution in [0.3, 0.4) is 0 Å². The van der Waals surface area contributed by atoms with Gasteiger partial charge in [-0.2, -0.15) is 0 Å². The van der Waals surface area contributed by atoms with E-state index in [4.69, 9.17) is 9.52 Å². The zero-order chi connectivity index (χ0) is 14.7. The molecular weight excluding hydrogens is 268 g/mol. The van der Waals surface area contributed by atoms with E-state index in [9.17, 15) is 0 Å². The van der Waals surface area contributed by atoms with Crippen molar-refractivity contribution in [1.29, 1.82) is 0 Å². The highest BCUT2D eigenvalue weighted by Crippen LogP contribution is 2.19. The molecule has 6 heteroatoms. The van der Waals surface area contributed by atoms with Gasteiger partial charge in [-0.15, -0.1) is 10.2 Å². The molecule has 0 saturated carbocycles. The number of hydrogen-bond donors (Lipinski definition) is 2. The molecule has 21 heavy (non-hydrogen) atoms. The second-order valence-electron chi connectivity index (χ2n) is 5.57. The Morgan fingerprint density at radius 1 is 1.29 bits per heavy atom. The van der Waals surface area contributed by atoms with Crippen LogP contribution in [-0.4, -0.2) is 19.9 Å². The zero-order valence-electron chi connectivity index (χ0n) is 12.4. The standard InChI is InChI=1S/C15H22N4O2/c1-11(16-9-12-6-7-13(10-20)21-12)15-18-17-14-5-3-2-4-8-19(14)15/h6-7,11,16,20H,2-5,8-10H2,1H3. The molecule has 0 aromatic carbocycles. The van der Waals surface area contributed by atoms with Gasteiger partial charge in [-0.3, -0.25) is 0 Å². The highest BCUT2D eigenvalue weighted by Gasteiger charge is 2.19. The van der Waals surface area contributed by atoms with E-state index < -0.39 is 0 Å². The van der Waals surface area contributed by atoms with E-state index in [-0.39, 0.29) is 12.6 Å². The van der Waals surface area contributed by atoms with Crippen molar-refractivity contribution in [2.75, 3.05) is 0 Å². The summed E-state index contributed by atoms with van der Waals surface area (Å²) >= 11 is 0. The molecule has 2 aromatic rings. The largest absolute Gasteiger partial charge is 0.462 e. The Morgan fingerprint density at radius 3 is 2.95 bits per heavy atom. The van der Waals surface area contributed by atoms with E-state index in [1.165, 1.54) is 19.3 Å². The first-order valence-electron chi connectivity index (χ1n) is 7.61. The maximum Gasteiger partial charge on any atom is 0.149 e. The molecule has 114 valence electrons. The second-order valence-corrected chi connectivity index (χ2v) is 5.57. The van der Waals surface area contributed by atoms with Crippen LogP contribution in [-0.2, 0) is 26.1 Å². The lowest BCUT2D eigenvalue weighted by molar-refractivity contribution is 0.242. The molecule has 6 nitrogen and oxygen atoms in total. The number of hydrogen-bond acceptors (Lipinski definition) is 5. The first kappa shape index (κ1) is 14.3. The van der Waals surface area contributed by atoms with Gasteiger partial charge < -0.3 is 19.4 Å². The van der Waals surface area contributed by atoms with Gasteiger partial charge in [-0.25, -0.2) is 0 Å². The maximum atomic E-state index is 9.00. The van der Waals surface area contributed by atoms with Crippen LogP contribution in [0.1, 0.15) is 55.4 Å². The van der Waals surface area contributed by atoms with Crippen LogP contribution in [0.15, 0.2) is 16.5 Å². The summed E-state index contributed by atoms with van der Waals surface area (Å²) in [7, 11) is 0. The van der Waals surface area contributed by atoms with Crippen LogP contribution in [0.2, 0.25) is 0 Å². The average Bonchev–Trinajstić information content (AvgIpc) is 3.06. The number of aromatic nitrogens is 3. The molecule has 3 heterocycles. The second kappa shape index (κ2) is 6.41. The topological polar surface area (TPSA) is 76.1 Å². The highest BCUT2D eigenvalue weighted by molar-refractivity contribution is 5.07. The molecule has 3 rings (SSSR count). The van der Waals surface area contributed by atoms with E-state index in [0.717, 1.165) is 30.4 Å². The molecule has 1 aliphatic heterocycles. The third-order valence-electron chi connectivity index (χ3n) is 3.98. The number of aliphatic hydroxyl groups excluding tert-OH is 1. The summed E-state index contributed by atoms with van der Waals surface area (Å²) < 4.78 is 7.73. The van der Waals surface area contributed by atoms with E-state index in [0.29, 0.717) is 12.3 Å². The van der Waals surface area contributed by atoms with Gasteiger partial charge in [-0.1, -0.05) is 6.42 Å². The summed E-state index contributed by atoms with van der Waals surface area (Å²) in [6, 6.07) is 3.80. The molecule has 0 aliphatic carbocycles. The van der Waals surface area contributed by atoms with Gasteiger partial charge in [0.15, 0.2) is 0 Å². The monoisotopic (exact) mass is 290 g/mol. The maximum absolute atomic E-state index is 9.00. The average molecular weight is 290 g/mol. The summed E-state index contributed by atoms with van der Waals surface area (Å²) in [5.74, 6) is 3.52. The number of rotatable bonds is 5. The first-order valence-corrected chi connectivity index (χ1v) is 7.61. The molecule has 1 unspecified atom stereocenters. The van der Waals surface area contributed by atoms with Crippen LogP contribution in [0.25, 0.3) is 0 Å². The molecule has 1 atom stereocenters. The van der Waals surface area contributed by atoms with E-state index in [2.05, 4.69) is 27.0 Å². The molecule has 0 spiro atoms. The van der Waals surface area contributed by atoms with Crippen molar-refractivity contribution in [2.24, 2.45) is 0 Å². The first-order chi connectivity index (χ1) is 10.3. The summed E-state index contributed by atoms with van der Waals surface area (Å²) in [5.41, 5.74) is 0. The molecular formula is C15H22N4O2. The number of nitrogens with zero attached hydrogens (tertiary/aromatic N) is 3. The Kier molecular flexibility index (Phi) is 4.36. The molecule has 0 fully saturated rings. The summed E-state index contributed by atoms with van der Waals surface area (Å²) in [6.45, 7) is 3.66. The van der Waals surface area contributed by atoms with E-state index in [1.807, 2.05) is 6.07 Å². The minimum absolute atomic E-state index is 0.0623. The van der Waals surface area contributed by atoms with Crippen LogP contribution >= 0.6 is 0 Å². The Morgan fingerprint density at radius 2 is 2.14 bits per heavy atom. The van der Waals surface area contributed by atoms with Gasteiger partial charge in [0, 0.05) is 13.0 Å². The van der Waals surface area contributed by atoms with Gasteiger partial charge in [0.1, 0.15) is 29.8 Å². The minimum Gasteiger partial charge on any atom is -0.462 e. The zero-order valence-corrected chi connectivity index (χ0v) is 12.4. The summed E-state index contributed by atoms with van der Waals surface area (Å²) in [6.07, 6.45) is 4.69. The van der Waals surface area contributed by atoms with Crippen molar-refractivity contribution >= 4 is 0 Å². The number of furan rings is 1. The lowest BCUT2D eigenvalue weighted by atomic mass is 10.2. The molecule has 0 bridgehead atoms. The molecule has 0 saturated heterocycles. The van der Waals surface area contributed by atoms with Crippen molar-refractivity contribution in [3.8, 4) is 0 Å². The Labute approximate surface area is 124 Å². The fourth-order valence-corrected chi connectivity index (χ4v) is 2.78. The lowest BCUT2D eigenvalue weighted by Gasteiger charge is -2.14. The van der Waals surface area contributed by atoms with Crippen molar-refractivity contribution in [3.05, 3.63) is 35.3 Å². The Bertz CT molecular complexity index is 590. The molecule has 0 radical (unpaired) electrons. The fraction of sp³-hybridized carbons (Fsp3) is 0.600. The van der Waals surface area contributed by atoms with Crippen LogP contribution in [0.4, 0.5) is 0 Å². The normalized spacial score (nSPS) is 16.5. The minimum atomic E-state index is -0.0623. The van der Waals surface area contributed by atoms with Crippen molar-refractivity contribution in [2.45, 2.75) is 58.3 Å². The number of fused-ring (bicyclic) bond motifs is 1. The van der Waals surface area contributed by atoms with Crippen molar-refractivity contribution in [1.82, 2.24) is 20.1 Å². The lowest BCUT2D eigenvalue weighted by Crippen LogP contribution is -2.22. The SMILES string of the molecule is CC(NCc1ccc(CO)o1)c1nnc2n1CCCCC2. The third kappa shape index (κ3) is 3.16. The molecule has 2 N–H and O–H groups in total. The van der Waals surface area contributed by atoms with Crippen LogP contribution in [0.5, 0.6) is 0 Å². The quantitative estimate of drug-likeness (QED) is 0.880. The van der Waals surface area contributed by atoms with Crippen molar-refractivity contribution < 1.29 is 9.52 Å². The molecule has 0 amide bonds. The van der Waals surface area contributed by atoms with Crippen LogP contribution < -0.4 is 5.32 Å². The Balaban J connectivity index is 1.65. The third-order valence-corrected chi connectivity index (χ3v) is 3.98. The predicted octanol–water partition coefficient (Wildman–Crippen LogP) is 1.94. The Hall–Kier alpha value is -1.66. The summed E-state index contributed by atoms with van der Waals surface area (Å²) in [4.78, 5) is 0. The molecule has 2 aromatic heterocycles. The highest BCUT2D eigenvalue weighted by atomic mass is 16.4. The predicted molar refractivity (Wildman–Crippen MR) is 77.5 cm³/mol. The number of aliphatic hydroxyl groups is 1. The van der Waals surface area contributed by atoms with Crippen molar-refractivity contribution in [3.63, 3.8) is 0 Å². The fourth-order valence-electron chi connectivity index (χ4n) is 2.78. The number of nitrogens with one attached hydrogen (secondary N) is 1. The van der Waals surface area contributed by atoms with Gasteiger partial charge in [0.25, 0.3) is 0 Å². The summed E-state index contributed by atoms with van der Waals surface area (Å²) in [5, 5.41) is 21.1. The van der Waals surface area contributed by atoms with Gasteiger partial charge in [-0.05, 0) is 31.9 Å². The van der Waals surface area contributed by atoms with Gasteiger partial charge in [0.2, 0.25) is 0 Å². The van der Waals surface area contributed by atoms with E-state index >= 15 is 0 Å². The van der Waals surface area contributed by atoms with Crippen LogP contribution in [0, 0.1) is 0 Å². The van der Waals surface area contributed by atoms with Gasteiger partial charge in [0.05, 0.1) is 12.6 Å². The smallest absolute Gasteiger partial charge is 0.149 e.